The van der Waals surface area contributed by atoms with Gasteiger partial charge in [-0.25, -0.2) is 0 Å². The zero-order valence-corrected chi connectivity index (χ0v) is 15.0. The number of carbonyl (C=O) groups excluding carboxylic acids is 2. The van der Waals surface area contributed by atoms with Gasteiger partial charge in [0.25, 0.3) is 0 Å². The van der Waals surface area contributed by atoms with Crippen LogP contribution in [0.1, 0.15) is 25.3 Å². The van der Waals surface area contributed by atoms with Gasteiger partial charge in [-0.3, -0.25) is 9.59 Å². The van der Waals surface area contributed by atoms with E-state index in [1.165, 1.54) is 12.1 Å². The van der Waals surface area contributed by atoms with Crippen molar-refractivity contribution in [3.63, 3.8) is 0 Å². The molecule has 142 valence electrons. The van der Waals surface area contributed by atoms with Crippen LogP contribution in [-0.2, 0) is 16.1 Å². The zero-order chi connectivity index (χ0) is 18.9. The fourth-order valence-corrected chi connectivity index (χ4v) is 4.62. The number of nitrogens with one attached hydrogen (secondary N) is 1. The Labute approximate surface area is 153 Å². The third-order valence-electron chi connectivity index (χ3n) is 4.54. The number of benzene rings is 1. The number of rotatable bonds is 5. The molecule has 2 aliphatic heterocycles. The summed E-state index contributed by atoms with van der Waals surface area (Å²) in [6.45, 7) is 0.874. The molecule has 0 spiro atoms. The van der Waals surface area contributed by atoms with E-state index in [-0.39, 0.29) is 29.0 Å². The quantitative estimate of drug-likeness (QED) is 0.843. The minimum atomic E-state index is -4.38. The first-order valence-corrected chi connectivity index (χ1v) is 9.19. The van der Waals surface area contributed by atoms with Crippen molar-refractivity contribution < 1.29 is 27.5 Å². The molecular weight excluding hydrogens is 369 g/mol. The summed E-state index contributed by atoms with van der Waals surface area (Å²) in [4.78, 5) is 25.9. The van der Waals surface area contributed by atoms with E-state index in [4.69, 9.17) is 0 Å². The topological polar surface area (TPSA) is 58.6 Å². The molecule has 3 rings (SSSR count). The van der Waals surface area contributed by atoms with Crippen LogP contribution >= 0.6 is 11.8 Å². The highest BCUT2D eigenvalue weighted by molar-refractivity contribution is 8.01. The highest BCUT2D eigenvalue weighted by Crippen LogP contribution is 2.47. The lowest BCUT2D eigenvalue weighted by atomic mass is 10.2. The zero-order valence-electron chi connectivity index (χ0n) is 14.1. The molecule has 5 nitrogen and oxygen atoms in total. The van der Waals surface area contributed by atoms with Gasteiger partial charge in [0.1, 0.15) is 11.8 Å². The van der Waals surface area contributed by atoms with E-state index in [1.807, 2.05) is 6.92 Å². The summed E-state index contributed by atoms with van der Waals surface area (Å²) in [6.07, 6.45) is -3.17. The summed E-state index contributed by atoms with van der Waals surface area (Å²) in [5.74, 6) is 0.471. The molecule has 2 fully saturated rings. The van der Waals surface area contributed by atoms with Gasteiger partial charge in [-0.15, -0.1) is 11.8 Å². The van der Waals surface area contributed by atoms with Gasteiger partial charge in [0.2, 0.25) is 11.8 Å². The maximum atomic E-state index is 12.5. The van der Waals surface area contributed by atoms with E-state index in [1.54, 1.807) is 28.8 Å². The van der Waals surface area contributed by atoms with Gasteiger partial charge in [-0.05, 0) is 31.0 Å². The van der Waals surface area contributed by atoms with Crippen LogP contribution in [0.4, 0.5) is 13.2 Å². The number of fused-ring (bicyclic) bond motifs is 1. The van der Waals surface area contributed by atoms with Crippen LogP contribution in [0.5, 0.6) is 5.75 Å². The van der Waals surface area contributed by atoms with Crippen LogP contribution in [0.25, 0.3) is 0 Å². The molecule has 0 unspecified atom stereocenters. The number of carbonyl (C=O) groups is 2. The van der Waals surface area contributed by atoms with E-state index in [0.717, 1.165) is 12.0 Å². The van der Waals surface area contributed by atoms with E-state index in [2.05, 4.69) is 10.1 Å². The molecule has 9 heteroatoms. The van der Waals surface area contributed by atoms with Crippen LogP contribution in [0, 0.1) is 0 Å². The molecule has 26 heavy (non-hydrogen) atoms. The largest absolute Gasteiger partial charge is 0.484 e. The Bertz CT molecular complexity index is 695. The summed E-state index contributed by atoms with van der Waals surface area (Å²) >= 11 is 1.62. The first-order chi connectivity index (χ1) is 12.2. The Kier molecular flexibility index (Phi) is 5.09. The monoisotopic (exact) mass is 388 g/mol. The van der Waals surface area contributed by atoms with E-state index >= 15 is 0 Å². The molecule has 2 atom stereocenters. The normalized spacial score (nSPS) is 25.3. The number of halogens is 3. The number of hydrogen-bond acceptors (Lipinski definition) is 4. The highest BCUT2D eigenvalue weighted by Gasteiger charge is 2.52. The molecule has 2 aliphatic rings. The molecule has 2 amide bonds. The summed E-state index contributed by atoms with van der Waals surface area (Å²) in [5, 5.41) is 2.80. The number of amides is 2. The minimum Gasteiger partial charge on any atom is -0.484 e. The molecule has 2 saturated heterocycles. The lowest BCUT2D eigenvalue weighted by Gasteiger charge is -2.29. The SMILES string of the molecule is C[C@@]12CCC(=O)N1[C@H](C(=O)NCc1ccc(OCC(F)(F)F)cc1)CS2. The highest BCUT2D eigenvalue weighted by atomic mass is 32.2. The van der Waals surface area contributed by atoms with Crippen molar-refractivity contribution in [3.05, 3.63) is 29.8 Å². The first kappa shape index (κ1) is 18.9. The van der Waals surface area contributed by atoms with E-state index < -0.39 is 18.8 Å². The van der Waals surface area contributed by atoms with Crippen LogP contribution in [-0.4, -0.2) is 46.2 Å². The summed E-state index contributed by atoms with van der Waals surface area (Å²) < 4.78 is 41.0. The Hall–Kier alpha value is -1.90. The number of ether oxygens (including phenoxy) is 1. The maximum Gasteiger partial charge on any atom is 0.422 e. The van der Waals surface area contributed by atoms with Crippen molar-refractivity contribution in [2.24, 2.45) is 0 Å². The van der Waals surface area contributed by atoms with Gasteiger partial charge in [0.05, 0.1) is 4.87 Å². The fraction of sp³-hybridized carbons (Fsp3) is 0.529. The molecule has 2 heterocycles. The molecule has 1 aromatic rings. The third kappa shape index (κ3) is 4.08. The van der Waals surface area contributed by atoms with Crippen molar-refractivity contribution in [2.45, 2.75) is 43.4 Å². The van der Waals surface area contributed by atoms with Gasteiger partial charge >= 0.3 is 6.18 Å². The molecular formula is C17H19F3N2O3S. The molecule has 1 aromatic carbocycles. The van der Waals surface area contributed by atoms with Crippen molar-refractivity contribution >= 4 is 23.6 Å². The molecule has 0 bridgehead atoms. The van der Waals surface area contributed by atoms with Crippen molar-refractivity contribution in [2.75, 3.05) is 12.4 Å². The molecule has 0 aromatic heterocycles. The smallest absolute Gasteiger partial charge is 0.422 e. The Morgan fingerprint density at radius 3 is 2.73 bits per heavy atom. The van der Waals surface area contributed by atoms with Gasteiger partial charge in [0, 0.05) is 18.7 Å². The van der Waals surface area contributed by atoms with Crippen LogP contribution in [0.2, 0.25) is 0 Å². The number of thioether (sulfide) groups is 1. The van der Waals surface area contributed by atoms with Crippen molar-refractivity contribution in [1.29, 1.82) is 0 Å². The second kappa shape index (κ2) is 7.02. The summed E-state index contributed by atoms with van der Waals surface area (Å²) in [5.41, 5.74) is 0.735. The Morgan fingerprint density at radius 1 is 1.38 bits per heavy atom. The average Bonchev–Trinajstić information content (AvgIpc) is 3.07. The average molecular weight is 388 g/mol. The maximum absolute atomic E-state index is 12.5. The molecule has 0 aliphatic carbocycles. The number of hydrogen-bond donors (Lipinski definition) is 1. The number of nitrogens with zero attached hydrogens (tertiary/aromatic N) is 1. The van der Waals surface area contributed by atoms with Gasteiger partial charge in [-0.1, -0.05) is 12.1 Å². The Morgan fingerprint density at radius 2 is 2.08 bits per heavy atom. The van der Waals surface area contributed by atoms with Crippen molar-refractivity contribution in [1.82, 2.24) is 10.2 Å². The Balaban J connectivity index is 1.53. The standard InChI is InChI=1S/C17H19F3N2O3S/c1-16-7-6-14(23)22(16)13(9-26-16)15(24)21-8-11-2-4-12(5-3-11)25-10-17(18,19)20/h2-5,13H,6-10H2,1H3,(H,21,24)/t13-,16+/m0/s1. The van der Waals surface area contributed by atoms with Crippen LogP contribution in [0.15, 0.2) is 24.3 Å². The van der Waals surface area contributed by atoms with Gasteiger partial charge in [-0.2, -0.15) is 13.2 Å². The minimum absolute atomic E-state index is 0.00353. The third-order valence-corrected chi connectivity index (χ3v) is 6.05. The second-order valence-corrected chi connectivity index (χ2v) is 8.03. The number of alkyl halides is 3. The van der Waals surface area contributed by atoms with Crippen LogP contribution in [0.3, 0.4) is 0 Å². The van der Waals surface area contributed by atoms with Crippen molar-refractivity contribution in [3.8, 4) is 5.75 Å². The summed E-state index contributed by atoms with van der Waals surface area (Å²) in [6, 6.07) is 5.58. The predicted molar refractivity (Wildman–Crippen MR) is 90.6 cm³/mol. The second-order valence-electron chi connectivity index (χ2n) is 6.53. The molecule has 0 saturated carbocycles. The fourth-order valence-electron chi connectivity index (χ4n) is 3.19. The van der Waals surface area contributed by atoms with Crippen LogP contribution < -0.4 is 10.1 Å². The van der Waals surface area contributed by atoms with Gasteiger partial charge in [0.15, 0.2) is 6.61 Å². The lowest BCUT2D eigenvalue weighted by molar-refractivity contribution is -0.153. The summed E-state index contributed by atoms with van der Waals surface area (Å²) in [7, 11) is 0. The van der Waals surface area contributed by atoms with Gasteiger partial charge < -0.3 is 15.0 Å². The molecule has 1 N–H and O–H groups in total. The lowest BCUT2D eigenvalue weighted by Crippen LogP contribution is -2.49. The first-order valence-electron chi connectivity index (χ1n) is 8.20. The molecule has 0 radical (unpaired) electrons. The van der Waals surface area contributed by atoms with E-state index in [0.29, 0.717) is 12.2 Å². The predicted octanol–water partition coefficient (Wildman–Crippen LogP) is 2.70. The van der Waals surface area contributed by atoms with E-state index in [9.17, 15) is 22.8 Å².